The molecule has 0 saturated carbocycles. The fourth-order valence-corrected chi connectivity index (χ4v) is 2.22. The first-order chi connectivity index (χ1) is 8.99. The summed E-state index contributed by atoms with van der Waals surface area (Å²) in [6.07, 6.45) is 10.2. The van der Waals surface area contributed by atoms with E-state index < -0.39 is 0 Å². The number of carbonyl (C=O) groups is 1. The first kappa shape index (κ1) is 15.8. The summed E-state index contributed by atoms with van der Waals surface area (Å²) in [5.41, 5.74) is 1.87. The summed E-state index contributed by atoms with van der Waals surface area (Å²) >= 11 is 0. The van der Waals surface area contributed by atoms with E-state index in [9.17, 15) is 4.79 Å². The molecule has 1 rings (SSSR count). The molecule has 0 fully saturated rings. The first-order valence-electron chi connectivity index (χ1n) is 7.14. The summed E-state index contributed by atoms with van der Waals surface area (Å²) in [5.74, 6) is 0.651. The van der Waals surface area contributed by atoms with Crippen molar-refractivity contribution in [2.24, 2.45) is 5.92 Å². The highest BCUT2D eigenvalue weighted by Gasteiger charge is 2.15. The second kappa shape index (κ2) is 8.05. The molecule has 0 radical (unpaired) electrons. The van der Waals surface area contributed by atoms with Gasteiger partial charge in [-0.3, -0.25) is 4.79 Å². The van der Waals surface area contributed by atoms with Gasteiger partial charge in [0, 0.05) is 18.7 Å². The predicted octanol–water partition coefficient (Wildman–Crippen LogP) is 3.27. The van der Waals surface area contributed by atoms with Crippen LogP contribution in [-0.2, 0) is 4.79 Å². The zero-order valence-corrected chi connectivity index (χ0v) is 12.3. The largest absolute Gasteiger partial charge is 0.308 e. The molecule has 0 aliphatic heterocycles. The molecule has 1 unspecified atom stereocenters. The Bertz CT molecular complexity index is 380. The molecule has 0 aromatic carbocycles. The van der Waals surface area contributed by atoms with Crippen molar-refractivity contribution in [2.45, 2.75) is 52.5 Å². The highest BCUT2D eigenvalue weighted by atomic mass is 16.1. The topological polar surface area (TPSA) is 53.0 Å². The van der Waals surface area contributed by atoms with Crippen LogP contribution in [0.4, 0.5) is 0 Å². The molecule has 0 saturated heterocycles. The van der Waals surface area contributed by atoms with Gasteiger partial charge in [-0.2, -0.15) is 0 Å². The Morgan fingerprint density at radius 2 is 2.16 bits per heavy atom. The number of hydrogen-bond donors (Lipinski definition) is 2. The minimum atomic E-state index is -0.115. The zero-order chi connectivity index (χ0) is 14.3. The van der Waals surface area contributed by atoms with Gasteiger partial charge in [0.2, 0.25) is 0 Å². The van der Waals surface area contributed by atoms with Crippen molar-refractivity contribution in [1.29, 1.82) is 5.41 Å². The van der Waals surface area contributed by atoms with Gasteiger partial charge in [0.1, 0.15) is 5.78 Å². The molecule has 0 amide bonds. The number of rotatable bonds is 8. The van der Waals surface area contributed by atoms with Crippen LogP contribution in [0.25, 0.3) is 0 Å². The normalized spacial score (nSPS) is 16.3. The highest BCUT2D eigenvalue weighted by molar-refractivity contribution is 5.87. The Morgan fingerprint density at radius 3 is 2.68 bits per heavy atom. The second-order valence-electron chi connectivity index (χ2n) is 5.71. The predicted molar refractivity (Wildman–Crippen MR) is 80.7 cm³/mol. The van der Waals surface area contributed by atoms with Gasteiger partial charge in [-0.15, -0.1) is 0 Å². The first-order valence-corrected chi connectivity index (χ1v) is 7.14. The number of allylic oxidation sites excluding steroid dienone is 4. The lowest BCUT2D eigenvalue weighted by molar-refractivity contribution is -0.119. The van der Waals surface area contributed by atoms with Gasteiger partial charge in [0.15, 0.2) is 0 Å². The van der Waals surface area contributed by atoms with Crippen molar-refractivity contribution >= 4 is 11.5 Å². The van der Waals surface area contributed by atoms with Gasteiger partial charge in [0.05, 0.1) is 6.04 Å². The summed E-state index contributed by atoms with van der Waals surface area (Å²) < 4.78 is 0. The SMILES string of the molecule is CC(=O)C(CC(C)C)NCC(=N)CC1=CCCC=C1. The number of Topliss-reactive ketones (excluding diaryl/α,β-unsaturated/α-hetero) is 1. The number of carbonyl (C=O) groups excluding carboxylic acids is 1. The Hall–Kier alpha value is -1.22. The number of hydrogen-bond acceptors (Lipinski definition) is 3. The zero-order valence-electron chi connectivity index (χ0n) is 12.3. The van der Waals surface area contributed by atoms with Crippen LogP contribution >= 0.6 is 0 Å². The van der Waals surface area contributed by atoms with Gasteiger partial charge in [-0.1, -0.05) is 32.1 Å². The van der Waals surface area contributed by atoms with Crippen LogP contribution in [0.2, 0.25) is 0 Å². The molecule has 1 aliphatic rings. The van der Waals surface area contributed by atoms with Crippen molar-refractivity contribution < 1.29 is 4.79 Å². The third kappa shape index (κ3) is 6.48. The number of nitrogens with one attached hydrogen (secondary N) is 2. The maximum Gasteiger partial charge on any atom is 0.146 e. The molecule has 0 heterocycles. The molecule has 3 heteroatoms. The van der Waals surface area contributed by atoms with Crippen molar-refractivity contribution in [1.82, 2.24) is 5.32 Å². The highest BCUT2D eigenvalue weighted by Crippen LogP contribution is 2.13. The summed E-state index contributed by atoms with van der Waals surface area (Å²) in [4.78, 5) is 11.5. The molecule has 0 bridgehead atoms. The van der Waals surface area contributed by atoms with E-state index >= 15 is 0 Å². The van der Waals surface area contributed by atoms with E-state index in [0.29, 0.717) is 24.6 Å². The molecule has 106 valence electrons. The molecule has 0 aromatic rings. The van der Waals surface area contributed by atoms with Crippen molar-refractivity contribution in [3.05, 3.63) is 23.8 Å². The van der Waals surface area contributed by atoms with E-state index in [2.05, 4.69) is 37.4 Å². The van der Waals surface area contributed by atoms with Crippen LogP contribution in [0.3, 0.4) is 0 Å². The van der Waals surface area contributed by atoms with Crippen molar-refractivity contribution in [3.8, 4) is 0 Å². The van der Waals surface area contributed by atoms with Gasteiger partial charge in [-0.25, -0.2) is 0 Å². The minimum Gasteiger partial charge on any atom is -0.308 e. The van der Waals surface area contributed by atoms with Gasteiger partial charge in [-0.05, 0) is 37.7 Å². The van der Waals surface area contributed by atoms with Gasteiger partial charge >= 0.3 is 0 Å². The Labute approximate surface area is 116 Å². The van der Waals surface area contributed by atoms with Crippen LogP contribution in [0.15, 0.2) is 23.8 Å². The van der Waals surface area contributed by atoms with Crippen LogP contribution in [0, 0.1) is 11.3 Å². The van der Waals surface area contributed by atoms with Crippen LogP contribution < -0.4 is 5.32 Å². The molecule has 1 aliphatic carbocycles. The van der Waals surface area contributed by atoms with Crippen LogP contribution in [-0.4, -0.2) is 24.1 Å². The molecule has 2 N–H and O–H groups in total. The van der Waals surface area contributed by atoms with Gasteiger partial charge < -0.3 is 10.7 Å². The average molecular weight is 262 g/mol. The summed E-state index contributed by atoms with van der Waals surface area (Å²) in [7, 11) is 0. The maximum atomic E-state index is 11.5. The van der Waals surface area contributed by atoms with E-state index in [0.717, 1.165) is 19.3 Å². The smallest absolute Gasteiger partial charge is 0.146 e. The molecule has 1 atom stereocenters. The molecule has 0 spiro atoms. The molecule has 0 aromatic heterocycles. The average Bonchev–Trinajstić information content (AvgIpc) is 2.35. The molecule has 19 heavy (non-hydrogen) atoms. The Balaban J connectivity index is 2.37. The second-order valence-corrected chi connectivity index (χ2v) is 5.71. The fourth-order valence-electron chi connectivity index (χ4n) is 2.22. The van der Waals surface area contributed by atoms with Gasteiger partial charge in [0.25, 0.3) is 0 Å². The van der Waals surface area contributed by atoms with E-state index in [4.69, 9.17) is 5.41 Å². The fraction of sp³-hybridized carbons (Fsp3) is 0.625. The van der Waals surface area contributed by atoms with E-state index in [-0.39, 0.29) is 11.8 Å². The van der Waals surface area contributed by atoms with Crippen molar-refractivity contribution in [2.75, 3.05) is 6.54 Å². The van der Waals surface area contributed by atoms with E-state index in [1.807, 2.05) is 0 Å². The molecule has 3 nitrogen and oxygen atoms in total. The Morgan fingerprint density at radius 1 is 1.42 bits per heavy atom. The summed E-state index contributed by atoms with van der Waals surface area (Å²) in [6, 6.07) is -0.115. The lowest BCUT2D eigenvalue weighted by atomic mass is 9.99. The molecular weight excluding hydrogens is 236 g/mol. The van der Waals surface area contributed by atoms with E-state index in [1.165, 1.54) is 5.57 Å². The lowest BCUT2D eigenvalue weighted by Crippen LogP contribution is -2.39. The summed E-state index contributed by atoms with van der Waals surface area (Å²) in [5, 5.41) is 11.2. The number of ketones is 1. The quantitative estimate of drug-likeness (QED) is 0.660. The minimum absolute atomic E-state index is 0.115. The lowest BCUT2D eigenvalue weighted by Gasteiger charge is -2.18. The third-order valence-electron chi connectivity index (χ3n) is 3.25. The van der Waals surface area contributed by atoms with Crippen molar-refractivity contribution in [3.63, 3.8) is 0 Å². The molecular formula is C16H26N2O. The third-order valence-corrected chi connectivity index (χ3v) is 3.25. The Kier molecular flexibility index (Phi) is 6.71. The van der Waals surface area contributed by atoms with Crippen LogP contribution in [0.1, 0.15) is 46.5 Å². The maximum absolute atomic E-state index is 11.5. The van der Waals surface area contributed by atoms with Crippen LogP contribution in [0.5, 0.6) is 0 Å². The monoisotopic (exact) mass is 262 g/mol. The van der Waals surface area contributed by atoms with E-state index in [1.54, 1.807) is 6.92 Å². The summed E-state index contributed by atoms with van der Waals surface area (Å²) in [6.45, 7) is 6.35. The standard InChI is InChI=1S/C16H26N2O/c1-12(2)9-16(13(3)19)18-11-15(17)10-14-7-5-4-6-8-14/h5,7-8,12,16-18H,4,6,9-11H2,1-3H3.